The summed E-state index contributed by atoms with van der Waals surface area (Å²) < 4.78 is 0. The zero-order valence-electron chi connectivity index (χ0n) is 12.3. The van der Waals surface area contributed by atoms with Crippen LogP contribution in [-0.2, 0) is 6.54 Å². The van der Waals surface area contributed by atoms with Gasteiger partial charge in [-0.05, 0) is 41.8 Å². The molecule has 2 nitrogen and oxygen atoms in total. The zero-order valence-corrected chi connectivity index (χ0v) is 12.3. The number of pyridine rings is 1. The van der Waals surface area contributed by atoms with Gasteiger partial charge in [-0.1, -0.05) is 38.3 Å². The average molecular weight is 268 g/mol. The minimum absolute atomic E-state index is 0.686. The first-order valence-corrected chi connectivity index (χ1v) is 7.89. The third kappa shape index (κ3) is 3.18. The number of benzene rings is 1. The third-order valence-corrected chi connectivity index (χ3v) is 4.63. The summed E-state index contributed by atoms with van der Waals surface area (Å²) in [6.45, 7) is 3.38. The second kappa shape index (κ2) is 6.36. The lowest BCUT2D eigenvalue weighted by Gasteiger charge is -2.23. The largest absolute Gasteiger partial charge is 0.310 e. The van der Waals surface area contributed by atoms with Gasteiger partial charge < -0.3 is 5.32 Å². The molecular weight excluding hydrogens is 244 g/mol. The van der Waals surface area contributed by atoms with Crippen molar-refractivity contribution >= 4 is 10.8 Å². The average Bonchev–Trinajstić information content (AvgIpc) is 2.69. The van der Waals surface area contributed by atoms with Gasteiger partial charge in [0.25, 0.3) is 0 Å². The van der Waals surface area contributed by atoms with Gasteiger partial charge in [0.1, 0.15) is 0 Å². The number of hydrogen-bond donors (Lipinski definition) is 1. The lowest BCUT2D eigenvalue weighted by atomic mass is 9.96. The molecule has 2 aromatic rings. The summed E-state index contributed by atoms with van der Waals surface area (Å²) in [5.74, 6) is 0.808. The number of rotatable bonds is 3. The molecule has 2 unspecified atom stereocenters. The standard InChI is InChI=1S/C18H24N2/c1-14-5-3-2-4-6-18(14)20-12-15-7-8-17-13-19-10-9-16(17)11-15/h7-11,13-14,18,20H,2-6,12H2,1H3. The Kier molecular flexibility index (Phi) is 4.31. The van der Waals surface area contributed by atoms with Gasteiger partial charge in [-0.2, -0.15) is 0 Å². The predicted octanol–water partition coefficient (Wildman–Crippen LogP) is 4.29. The van der Waals surface area contributed by atoms with Crippen LogP contribution in [0, 0.1) is 5.92 Å². The molecule has 0 saturated heterocycles. The van der Waals surface area contributed by atoms with Crippen LogP contribution < -0.4 is 5.32 Å². The third-order valence-electron chi connectivity index (χ3n) is 4.63. The summed E-state index contributed by atoms with van der Waals surface area (Å²) in [5, 5.41) is 6.28. The van der Waals surface area contributed by atoms with E-state index in [1.54, 1.807) is 0 Å². The number of fused-ring (bicyclic) bond motifs is 1. The molecule has 3 rings (SSSR count). The van der Waals surface area contributed by atoms with Gasteiger partial charge in [-0.15, -0.1) is 0 Å². The van der Waals surface area contributed by atoms with Gasteiger partial charge in [0.2, 0.25) is 0 Å². The van der Waals surface area contributed by atoms with Crippen molar-refractivity contribution in [1.29, 1.82) is 0 Å². The van der Waals surface area contributed by atoms with Crippen molar-refractivity contribution in [2.24, 2.45) is 5.92 Å². The van der Waals surface area contributed by atoms with Crippen LogP contribution in [0.2, 0.25) is 0 Å². The Morgan fingerprint density at radius 3 is 2.95 bits per heavy atom. The van der Waals surface area contributed by atoms with Crippen LogP contribution in [0.1, 0.15) is 44.6 Å². The van der Waals surface area contributed by atoms with Gasteiger partial charge in [-0.25, -0.2) is 0 Å². The first-order valence-electron chi connectivity index (χ1n) is 7.89. The Balaban J connectivity index is 1.66. The number of aromatic nitrogens is 1. The summed E-state index contributed by atoms with van der Waals surface area (Å²) in [6, 6.07) is 9.46. The van der Waals surface area contributed by atoms with Crippen LogP contribution in [0.3, 0.4) is 0 Å². The van der Waals surface area contributed by atoms with Crippen LogP contribution in [-0.4, -0.2) is 11.0 Å². The fourth-order valence-corrected chi connectivity index (χ4v) is 3.29. The van der Waals surface area contributed by atoms with Gasteiger partial charge in [0.15, 0.2) is 0 Å². The molecule has 0 bridgehead atoms. The molecule has 1 aliphatic carbocycles. The molecule has 0 amide bonds. The summed E-state index contributed by atoms with van der Waals surface area (Å²) in [6.07, 6.45) is 10.7. The van der Waals surface area contributed by atoms with Gasteiger partial charge in [-0.3, -0.25) is 4.98 Å². The van der Waals surface area contributed by atoms with Crippen molar-refractivity contribution in [1.82, 2.24) is 10.3 Å². The molecular formula is C18H24N2. The van der Waals surface area contributed by atoms with Gasteiger partial charge in [0, 0.05) is 30.4 Å². The Morgan fingerprint density at radius 2 is 2.00 bits per heavy atom. The molecule has 1 aromatic carbocycles. The lowest BCUT2D eigenvalue weighted by molar-refractivity contribution is 0.356. The van der Waals surface area contributed by atoms with E-state index in [1.165, 1.54) is 48.4 Å². The van der Waals surface area contributed by atoms with E-state index in [1.807, 2.05) is 12.4 Å². The van der Waals surface area contributed by atoms with Crippen molar-refractivity contribution in [2.75, 3.05) is 0 Å². The van der Waals surface area contributed by atoms with E-state index in [0.29, 0.717) is 6.04 Å². The van der Waals surface area contributed by atoms with Crippen molar-refractivity contribution in [3.05, 3.63) is 42.2 Å². The van der Waals surface area contributed by atoms with E-state index >= 15 is 0 Å². The molecule has 0 aliphatic heterocycles. The van der Waals surface area contributed by atoms with E-state index in [-0.39, 0.29) is 0 Å². The second-order valence-electron chi connectivity index (χ2n) is 6.16. The molecule has 1 fully saturated rings. The van der Waals surface area contributed by atoms with Gasteiger partial charge >= 0.3 is 0 Å². The lowest BCUT2D eigenvalue weighted by Crippen LogP contribution is -2.33. The summed E-state index contributed by atoms with van der Waals surface area (Å²) in [4.78, 5) is 4.17. The highest BCUT2D eigenvalue weighted by Gasteiger charge is 2.18. The summed E-state index contributed by atoms with van der Waals surface area (Å²) in [7, 11) is 0. The maximum atomic E-state index is 4.17. The normalized spacial score (nSPS) is 23.6. The molecule has 0 radical (unpaired) electrons. The summed E-state index contributed by atoms with van der Waals surface area (Å²) in [5.41, 5.74) is 1.38. The SMILES string of the molecule is CC1CCCCCC1NCc1ccc2cnccc2c1. The Labute approximate surface area is 121 Å². The summed E-state index contributed by atoms with van der Waals surface area (Å²) >= 11 is 0. The zero-order chi connectivity index (χ0) is 13.8. The second-order valence-corrected chi connectivity index (χ2v) is 6.16. The van der Waals surface area contributed by atoms with Crippen molar-refractivity contribution in [3.63, 3.8) is 0 Å². The van der Waals surface area contributed by atoms with E-state index in [2.05, 4.69) is 41.5 Å². The topological polar surface area (TPSA) is 24.9 Å². The predicted molar refractivity (Wildman–Crippen MR) is 84.6 cm³/mol. The van der Waals surface area contributed by atoms with Crippen LogP contribution in [0.25, 0.3) is 10.8 Å². The maximum Gasteiger partial charge on any atom is 0.0346 e. The minimum Gasteiger partial charge on any atom is -0.310 e. The molecule has 1 aromatic heterocycles. The smallest absolute Gasteiger partial charge is 0.0346 e. The number of nitrogens with zero attached hydrogens (tertiary/aromatic N) is 1. The molecule has 2 heteroatoms. The quantitative estimate of drug-likeness (QED) is 0.840. The Morgan fingerprint density at radius 1 is 1.10 bits per heavy atom. The van der Waals surface area contributed by atoms with E-state index in [4.69, 9.17) is 0 Å². The molecule has 1 aliphatic rings. The fraction of sp³-hybridized carbons (Fsp3) is 0.500. The highest BCUT2D eigenvalue weighted by molar-refractivity contribution is 5.81. The first kappa shape index (κ1) is 13.6. The molecule has 2 atom stereocenters. The highest BCUT2D eigenvalue weighted by Crippen LogP contribution is 2.23. The molecule has 1 heterocycles. The van der Waals surface area contributed by atoms with Crippen molar-refractivity contribution in [2.45, 2.75) is 51.6 Å². The van der Waals surface area contributed by atoms with Crippen LogP contribution >= 0.6 is 0 Å². The number of hydrogen-bond acceptors (Lipinski definition) is 2. The van der Waals surface area contributed by atoms with Crippen LogP contribution in [0.5, 0.6) is 0 Å². The van der Waals surface area contributed by atoms with E-state index in [9.17, 15) is 0 Å². The molecule has 106 valence electrons. The molecule has 20 heavy (non-hydrogen) atoms. The monoisotopic (exact) mass is 268 g/mol. The van der Waals surface area contributed by atoms with Crippen molar-refractivity contribution in [3.8, 4) is 0 Å². The fourth-order valence-electron chi connectivity index (χ4n) is 3.29. The van der Waals surface area contributed by atoms with E-state index < -0.39 is 0 Å². The number of nitrogens with one attached hydrogen (secondary N) is 1. The first-order chi connectivity index (χ1) is 9.83. The maximum absolute atomic E-state index is 4.17. The molecule has 1 saturated carbocycles. The molecule has 1 N–H and O–H groups in total. The van der Waals surface area contributed by atoms with Crippen molar-refractivity contribution < 1.29 is 0 Å². The van der Waals surface area contributed by atoms with Gasteiger partial charge in [0.05, 0.1) is 0 Å². The van der Waals surface area contributed by atoms with Crippen LogP contribution in [0.4, 0.5) is 0 Å². The van der Waals surface area contributed by atoms with Crippen LogP contribution in [0.15, 0.2) is 36.7 Å². The highest BCUT2D eigenvalue weighted by atomic mass is 14.9. The van der Waals surface area contributed by atoms with E-state index in [0.717, 1.165) is 12.5 Å². The minimum atomic E-state index is 0.686. The molecule has 0 spiro atoms. The Hall–Kier alpha value is -1.41. The Bertz CT molecular complexity index is 564.